The predicted octanol–water partition coefficient (Wildman–Crippen LogP) is 3.29. The minimum Gasteiger partial charge on any atom is -0.342 e. The molecule has 0 aliphatic carbocycles. The van der Waals surface area contributed by atoms with Crippen LogP contribution in [-0.4, -0.2) is 29.8 Å². The summed E-state index contributed by atoms with van der Waals surface area (Å²) in [5.41, 5.74) is 0. The number of hydrogen-bond acceptors (Lipinski definition) is 1. The lowest BCUT2D eigenvalue weighted by Gasteiger charge is -2.34. The number of hydrogen-bond donors (Lipinski definition) is 0. The Hall–Kier alpha value is -0.240. The maximum absolute atomic E-state index is 12.1. The monoisotopic (exact) mass is 245 g/mol. The third-order valence-electron chi connectivity index (χ3n) is 3.49. The smallest absolute Gasteiger partial charge is 0.225 e. The van der Waals surface area contributed by atoms with Crippen molar-refractivity contribution in [2.45, 2.75) is 46.0 Å². The lowest BCUT2D eigenvalue weighted by molar-refractivity contribution is -0.137. The Kier molecular flexibility index (Phi) is 6.18. The van der Waals surface area contributed by atoms with Crippen molar-refractivity contribution in [3.8, 4) is 0 Å². The van der Waals surface area contributed by atoms with Crippen LogP contribution in [0.5, 0.6) is 0 Å². The molecule has 94 valence electrons. The van der Waals surface area contributed by atoms with Crippen molar-refractivity contribution in [2.75, 3.05) is 19.0 Å². The van der Waals surface area contributed by atoms with Crippen LogP contribution in [0.3, 0.4) is 0 Å². The molecule has 1 aliphatic heterocycles. The van der Waals surface area contributed by atoms with Crippen LogP contribution in [0, 0.1) is 11.8 Å². The molecule has 16 heavy (non-hydrogen) atoms. The first-order chi connectivity index (χ1) is 7.69. The molecular weight excluding hydrogens is 222 g/mol. The highest BCUT2D eigenvalue weighted by atomic mass is 35.5. The largest absolute Gasteiger partial charge is 0.342 e. The summed E-state index contributed by atoms with van der Waals surface area (Å²) in [6.07, 6.45) is 5.53. The SMILES string of the molecule is CCCC(C)C(=O)N1CCCC(CCCl)C1. The average Bonchev–Trinajstić information content (AvgIpc) is 2.29. The van der Waals surface area contributed by atoms with E-state index in [-0.39, 0.29) is 5.92 Å². The number of nitrogens with zero attached hydrogens (tertiary/aromatic N) is 1. The second kappa shape index (κ2) is 7.16. The number of alkyl halides is 1. The Morgan fingerprint density at radius 2 is 2.31 bits per heavy atom. The molecule has 2 unspecified atom stereocenters. The third-order valence-corrected chi connectivity index (χ3v) is 3.71. The van der Waals surface area contributed by atoms with Crippen LogP contribution in [0.25, 0.3) is 0 Å². The third kappa shape index (κ3) is 3.97. The van der Waals surface area contributed by atoms with Crippen molar-refractivity contribution >= 4 is 17.5 Å². The molecular formula is C13H24ClNO. The van der Waals surface area contributed by atoms with Crippen molar-refractivity contribution < 1.29 is 4.79 Å². The van der Waals surface area contributed by atoms with Crippen LogP contribution in [0.2, 0.25) is 0 Å². The number of carbonyl (C=O) groups is 1. The van der Waals surface area contributed by atoms with Crippen LogP contribution < -0.4 is 0 Å². The van der Waals surface area contributed by atoms with Gasteiger partial charge in [-0.1, -0.05) is 20.3 Å². The van der Waals surface area contributed by atoms with Gasteiger partial charge < -0.3 is 4.90 Å². The van der Waals surface area contributed by atoms with E-state index >= 15 is 0 Å². The first-order valence-electron chi connectivity index (χ1n) is 6.53. The summed E-state index contributed by atoms with van der Waals surface area (Å²) < 4.78 is 0. The van der Waals surface area contributed by atoms with Crippen molar-refractivity contribution in [1.29, 1.82) is 0 Å². The summed E-state index contributed by atoms with van der Waals surface area (Å²) in [5, 5.41) is 0. The zero-order valence-electron chi connectivity index (χ0n) is 10.5. The van der Waals surface area contributed by atoms with Gasteiger partial charge >= 0.3 is 0 Å². The highest BCUT2D eigenvalue weighted by molar-refractivity contribution is 6.17. The summed E-state index contributed by atoms with van der Waals surface area (Å²) >= 11 is 5.77. The van der Waals surface area contributed by atoms with E-state index < -0.39 is 0 Å². The molecule has 1 fully saturated rings. The lowest BCUT2D eigenvalue weighted by atomic mass is 9.94. The molecule has 1 aliphatic rings. The van der Waals surface area contributed by atoms with E-state index in [2.05, 4.69) is 18.7 Å². The van der Waals surface area contributed by atoms with Crippen LogP contribution >= 0.6 is 11.6 Å². The van der Waals surface area contributed by atoms with E-state index in [1.807, 2.05) is 0 Å². The minimum atomic E-state index is 0.194. The highest BCUT2D eigenvalue weighted by Crippen LogP contribution is 2.22. The molecule has 1 rings (SSSR count). The first-order valence-corrected chi connectivity index (χ1v) is 7.07. The second-order valence-electron chi connectivity index (χ2n) is 4.96. The van der Waals surface area contributed by atoms with Crippen LogP contribution in [0.1, 0.15) is 46.0 Å². The number of amides is 1. The molecule has 2 nitrogen and oxygen atoms in total. The van der Waals surface area contributed by atoms with Gasteiger partial charge in [-0.05, 0) is 31.6 Å². The van der Waals surface area contributed by atoms with Gasteiger partial charge in [0.05, 0.1) is 0 Å². The Bertz CT molecular complexity index is 218. The fourth-order valence-corrected chi connectivity index (χ4v) is 2.83. The van der Waals surface area contributed by atoms with E-state index in [1.54, 1.807) is 0 Å². The molecule has 0 aromatic rings. The molecule has 1 saturated heterocycles. The van der Waals surface area contributed by atoms with E-state index in [4.69, 9.17) is 11.6 Å². The molecule has 1 heterocycles. The lowest BCUT2D eigenvalue weighted by Crippen LogP contribution is -2.42. The molecule has 0 spiro atoms. The number of halogens is 1. The zero-order chi connectivity index (χ0) is 12.0. The number of likely N-dealkylation sites (tertiary alicyclic amines) is 1. The molecule has 0 saturated carbocycles. The van der Waals surface area contributed by atoms with Crippen molar-refractivity contribution in [1.82, 2.24) is 4.90 Å². The molecule has 1 amide bonds. The quantitative estimate of drug-likeness (QED) is 0.681. The predicted molar refractivity (Wildman–Crippen MR) is 68.7 cm³/mol. The molecule has 0 bridgehead atoms. The van der Waals surface area contributed by atoms with Gasteiger partial charge in [-0.25, -0.2) is 0 Å². The highest BCUT2D eigenvalue weighted by Gasteiger charge is 2.25. The van der Waals surface area contributed by atoms with E-state index in [1.165, 1.54) is 6.42 Å². The molecule has 2 atom stereocenters. The molecule has 0 radical (unpaired) electrons. The fourth-order valence-electron chi connectivity index (χ4n) is 2.52. The van der Waals surface area contributed by atoms with Crippen LogP contribution in [0.4, 0.5) is 0 Å². The van der Waals surface area contributed by atoms with Gasteiger partial charge in [-0.3, -0.25) is 4.79 Å². The Labute approximate surface area is 104 Å². The van der Waals surface area contributed by atoms with Gasteiger partial charge in [0.15, 0.2) is 0 Å². The summed E-state index contributed by atoms with van der Waals surface area (Å²) in [5.74, 6) is 1.89. The molecule has 0 aromatic carbocycles. The number of piperidine rings is 1. The summed E-state index contributed by atoms with van der Waals surface area (Å²) in [4.78, 5) is 14.2. The summed E-state index contributed by atoms with van der Waals surface area (Å²) in [6.45, 7) is 6.07. The standard InChI is InChI=1S/C13H24ClNO/c1-3-5-11(2)13(16)15-9-4-6-12(10-15)7-8-14/h11-12H,3-10H2,1-2H3. The summed E-state index contributed by atoms with van der Waals surface area (Å²) in [6, 6.07) is 0. The van der Waals surface area contributed by atoms with Crippen LogP contribution in [-0.2, 0) is 4.79 Å². The average molecular weight is 246 g/mol. The summed E-state index contributed by atoms with van der Waals surface area (Å²) in [7, 11) is 0. The van der Waals surface area contributed by atoms with E-state index in [0.29, 0.717) is 11.8 Å². The zero-order valence-corrected chi connectivity index (χ0v) is 11.3. The molecule has 0 aromatic heterocycles. The van der Waals surface area contributed by atoms with Gasteiger partial charge in [0.25, 0.3) is 0 Å². The van der Waals surface area contributed by atoms with Gasteiger partial charge in [-0.15, -0.1) is 11.6 Å². The van der Waals surface area contributed by atoms with E-state index in [0.717, 1.165) is 44.7 Å². The van der Waals surface area contributed by atoms with Crippen LogP contribution in [0.15, 0.2) is 0 Å². The van der Waals surface area contributed by atoms with Gasteiger partial charge in [0.2, 0.25) is 5.91 Å². The van der Waals surface area contributed by atoms with Crippen molar-refractivity contribution in [3.63, 3.8) is 0 Å². The van der Waals surface area contributed by atoms with Gasteiger partial charge in [-0.2, -0.15) is 0 Å². The molecule has 0 N–H and O–H groups in total. The number of carbonyl (C=O) groups excluding carboxylic acids is 1. The van der Waals surface area contributed by atoms with E-state index in [9.17, 15) is 4.79 Å². The minimum absolute atomic E-state index is 0.194. The normalized spacial score (nSPS) is 23.2. The van der Waals surface area contributed by atoms with Crippen molar-refractivity contribution in [3.05, 3.63) is 0 Å². The topological polar surface area (TPSA) is 20.3 Å². The fraction of sp³-hybridized carbons (Fsp3) is 0.923. The Balaban J connectivity index is 2.43. The van der Waals surface area contributed by atoms with Crippen molar-refractivity contribution in [2.24, 2.45) is 11.8 Å². The van der Waals surface area contributed by atoms with Gasteiger partial charge in [0.1, 0.15) is 0 Å². The Morgan fingerprint density at radius 3 is 2.94 bits per heavy atom. The second-order valence-corrected chi connectivity index (χ2v) is 5.34. The maximum atomic E-state index is 12.1. The molecule has 3 heteroatoms. The van der Waals surface area contributed by atoms with Gasteiger partial charge in [0, 0.05) is 24.9 Å². The first kappa shape index (κ1) is 13.8. The Morgan fingerprint density at radius 1 is 1.56 bits per heavy atom. The number of rotatable bonds is 5. The maximum Gasteiger partial charge on any atom is 0.225 e.